The van der Waals surface area contributed by atoms with Crippen LogP contribution in [-0.2, 0) is 38.5 Å². The molecule has 2 aromatic rings. The number of carbonyl (C=O) groups excluding carboxylic acids is 2. The van der Waals surface area contributed by atoms with E-state index in [1.807, 2.05) is 54.0 Å². The van der Waals surface area contributed by atoms with Gasteiger partial charge in [-0.2, -0.15) is 5.56 Å². The van der Waals surface area contributed by atoms with Crippen LogP contribution in [0, 0.1) is 32.2 Å². The Morgan fingerprint density at radius 1 is 1.23 bits per heavy atom. The molecular formula is C33H45FKN2O6-. The molecule has 2 heterocycles. The quantitative estimate of drug-likeness (QED) is 0.199. The van der Waals surface area contributed by atoms with Crippen LogP contribution in [0.2, 0.25) is 0 Å². The summed E-state index contributed by atoms with van der Waals surface area (Å²) in [7, 11) is 1.50. The zero-order valence-corrected chi connectivity index (χ0v) is 30.1. The molecule has 0 saturated heterocycles. The summed E-state index contributed by atoms with van der Waals surface area (Å²) in [5, 5.41) is 8.94. The third-order valence-corrected chi connectivity index (χ3v) is 6.78. The van der Waals surface area contributed by atoms with Gasteiger partial charge in [-0.25, -0.2) is 0 Å². The van der Waals surface area contributed by atoms with Gasteiger partial charge >= 0.3 is 57.4 Å². The summed E-state index contributed by atoms with van der Waals surface area (Å²) in [6.45, 7) is 11.9. The number of aryl methyl sites for hydroxylation is 1. The first-order valence-electron chi connectivity index (χ1n) is 14.4. The molecule has 0 unspecified atom stereocenters. The fraction of sp³-hybridized carbons (Fsp3) is 0.485. The maximum Gasteiger partial charge on any atom is 1.00 e. The molecule has 2 aliphatic rings. The zero-order valence-electron chi connectivity index (χ0n) is 26.9. The van der Waals surface area contributed by atoms with Gasteiger partial charge in [-0.3, -0.25) is 18.8 Å². The van der Waals surface area contributed by atoms with Gasteiger partial charge in [0.05, 0.1) is 12.5 Å². The molecule has 8 nitrogen and oxygen atoms in total. The number of fused-ring (bicyclic) bond motifs is 2. The van der Waals surface area contributed by atoms with E-state index in [0.717, 1.165) is 52.8 Å². The first kappa shape index (κ1) is 41.1. The van der Waals surface area contributed by atoms with E-state index in [2.05, 4.69) is 11.8 Å². The van der Waals surface area contributed by atoms with Gasteiger partial charge in [-0.05, 0) is 27.3 Å². The van der Waals surface area contributed by atoms with Crippen LogP contribution in [0.4, 0.5) is 4.39 Å². The zero-order chi connectivity index (χ0) is 32.0. The normalized spacial score (nSPS) is 14.2. The Hall–Kier alpha value is -1.92. The molecule has 0 fully saturated rings. The number of hydrogen-bond acceptors (Lipinski definition) is 6. The van der Waals surface area contributed by atoms with E-state index in [0.29, 0.717) is 24.0 Å². The molecule has 232 valence electrons. The fourth-order valence-corrected chi connectivity index (χ4v) is 4.78. The SMILES string of the molecule is CC.CC(C)OCC(=O)CC=O.CN.Cc1cc2n(c(=O)c1CCC(=O)O)C/C(=C1\CCCc3c1[c-]cc(F)c3C)[CH-]2.[K+]. The Bertz CT molecular complexity index is 1330. The molecule has 1 aromatic carbocycles. The van der Waals surface area contributed by atoms with E-state index in [4.69, 9.17) is 9.84 Å². The van der Waals surface area contributed by atoms with Crippen molar-refractivity contribution >= 4 is 23.6 Å². The second-order valence-corrected chi connectivity index (χ2v) is 9.90. The number of aromatic nitrogens is 1. The number of carboxylic acids is 1. The van der Waals surface area contributed by atoms with Gasteiger partial charge in [0, 0.05) is 24.3 Å². The molecule has 1 aromatic heterocycles. The van der Waals surface area contributed by atoms with Crippen LogP contribution < -0.4 is 62.7 Å². The second-order valence-electron chi connectivity index (χ2n) is 9.90. The van der Waals surface area contributed by atoms with Crippen LogP contribution in [0.1, 0.15) is 86.9 Å². The molecule has 0 radical (unpaired) electrons. The van der Waals surface area contributed by atoms with Gasteiger partial charge in [-0.1, -0.05) is 63.8 Å². The van der Waals surface area contributed by atoms with Crippen LogP contribution in [0.5, 0.6) is 0 Å². The molecular weight excluding hydrogens is 578 g/mol. The van der Waals surface area contributed by atoms with Crippen LogP contribution in [0.25, 0.3) is 5.57 Å². The van der Waals surface area contributed by atoms with Gasteiger partial charge in [0.2, 0.25) is 0 Å². The molecule has 10 heteroatoms. The number of Topliss-reactive ketones (excluding diaryl/α,β-unsaturated/α-hetero) is 1. The topological polar surface area (TPSA) is 129 Å². The number of ether oxygens (including phenoxy) is 1. The summed E-state index contributed by atoms with van der Waals surface area (Å²) in [5.74, 6) is -1.29. The van der Waals surface area contributed by atoms with Gasteiger partial charge in [0.15, 0.2) is 5.78 Å². The number of nitrogens with zero attached hydrogens (tertiary/aromatic N) is 1. The van der Waals surface area contributed by atoms with E-state index in [1.165, 1.54) is 13.1 Å². The molecule has 4 rings (SSSR count). The Kier molecular flexibility index (Phi) is 20.0. The predicted molar refractivity (Wildman–Crippen MR) is 163 cm³/mol. The monoisotopic (exact) mass is 623 g/mol. The molecule has 1 aliphatic heterocycles. The van der Waals surface area contributed by atoms with E-state index >= 15 is 0 Å². The second kappa shape index (κ2) is 20.9. The minimum absolute atomic E-state index is 0. The standard InChI is InChI=1S/C23H22FNO3.C7H12O3.C2H6.CH5N.K/c1-13-10-16-11-15(12-25(16)23(28)17(13)7-9-22(26)27)19-5-3-4-18-14(2)21(24)8-6-20(18)19;1-6(2)10-5-7(9)3-4-8;2*1-2;/h8,10-11H,3-5,7,9,12H2,1-2H3,(H,26,27);4,6H,3,5H2,1-2H3;1-2H3;2H2,1H3;/q-2;;;;+1/b19-15+;;;;. The van der Waals surface area contributed by atoms with Crippen molar-refractivity contribution in [1.82, 2.24) is 4.57 Å². The minimum Gasteiger partial charge on any atom is -0.481 e. The summed E-state index contributed by atoms with van der Waals surface area (Å²) in [6.07, 6.45) is 5.50. The Morgan fingerprint density at radius 2 is 1.88 bits per heavy atom. The minimum atomic E-state index is -0.907. The number of hydrogen-bond donors (Lipinski definition) is 2. The Labute approximate surface area is 297 Å². The number of carbonyl (C=O) groups is 3. The average molecular weight is 624 g/mol. The van der Waals surface area contributed by atoms with Gasteiger partial charge in [0.1, 0.15) is 12.9 Å². The van der Waals surface area contributed by atoms with Crippen molar-refractivity contribution in [2.75, 3.05) is 13.7 Å². The summed E-state index contributed by atoms with van der Waals surface area (Å²) in [6, 6.07) is 6.48. The number of benzene rings is 1. The molecule has 1 aliphatic carbocycles. The first-order chi connectivity index (χ1) is 20.0. The number of aliphatic carboxylic acids is 1. The van der Waals surface area contributed by atoms with Crippen molar-refractivity contribution in [3.05, 3.63) is 79.9 Å². The number of ketones is 1. The van der Waals surface area contributed by atoms with Crippen molar-refractivity contribution in [2.45, 2.75) is 92.7 Å². The summed E-state index contributed by atoms with van der Waals surface area (Å²) in [4.78, 5) is 44.2. The molecule has 0 bridgehead atoms. The van der Waals surface area contributed by atoms with Crippen molar-refractivity contribution in [3.63, 3.8) is 0 Å². The van der Waals surface area contributed by atoms with E-state index in [1.54, 1.807) is 4.57 Å². The molecule has 0 amide bonds. The molecule has 0 spiro atoms. The van der Waals surface area contributed by atoms with Crippen LogP contribution >= 0.6 is 0 Å². The van der Waals surface area contributed by atoms with Crippen molar-refractivity contribution in [2.24, 2.45) is 5.73 Å². The molecule has 43 heavy (non-hydrogen) atoms. The smallest absolute Gasteiger partial charge is 0.481 e. The summed E-state index contributed by atoms with van der Waals surface area (Å²) < 4.78 is 20.6. The Balaban J connectivity index is 0.00000100. The third kappa shape index (κ3) is 11.8. The number of allylic oxidation sites excluding steroid dienone is 2. The number of aldehydes is 1. The molecule has 0 atom stereocenters. The van der Waals surface area contributed by atoms with Crippen LogP contribution in [0.15, 0.2) is 22.5 Å². The maximum absolute atomic E-state index is 14.0. The number of pyridine rings is 1. The van der Waals surface area contributed by atoms with Gasteiger partial charge < -0.3 is 24.9 Å². The summed E-state index contributed by atoms with van der Waals surface area (Å²) in [5.41, 5.74) is 11.5. The number of nitrogens with two attached hydrogens (primary N) is 1. The average Bonchev–Trinajstić information content (AvgIpc) is 3.40. The van der Waals surface area contributed by atoms with E-state index in [-0.39, 0.29) is 101 Å². The number of rotatable bonds is 8. The largest absolute Gasteiger partial charge is 1.00 e. The third-order valence-electron chi connectivity index (χ3n) is 6.78. The maximum atomic E-state index is 14.0. The van der Waals surface area contributed by atoms with Crippen molar-refractivity contribution in [1.29, 1.82) is 0 Å². The number of halogens is 1. The molecule has 3 N–H and O–H groups in total. The first-order valence-corrected chi connectivity index (χ1v) is 14.4. The van der Waals surface area contributed by atoms with E-state index < -0.39 is 5.97 Å². The van der Waals surface area contributed by atoms with Crippen LogP contribution in [-0.4, -0.2) is 47.5 Å². The fourth-order valence-electron chi connectivity index (χ4n) is 4.78. The van der Waals surface area contributed by atoms with Crippen LogP contribution in [0.3, 0.4) is 0 Å². The summed E-state index contributed by atoms with van der Waals surface area (Å²) >= 11 is 0. The Morgan fingerprint density at radius 3 is 2.47 bits per heavy atom. The van der Waals surface area contributed by atoms with Crippen molar-refractivity contribution < 1.29 is 80.0 Å². The number of carboxylic acid groups (broad SMARTS) is 1. The van der Waals surface area contributed by atoms with Gasteiger partial charge in [-0.15, -0.1) is 41.3 Å². The predicted octanol–water partition coefficient (Wildman–Crippen LogP) is 1.95. The van der Waals surface area contributed by atoms with Gasteiger partial charge in [0.25, 0.3) is 5.56 Å². The van der Waals surface area contributed by atoms with Crippen molar-refractivity contribution in [3.8, 4) is 0 Å². The molecule has 0 saturated carbocycles. The van der Waals surface area contributed by atoms with E-state index in [9.17, 15) is 23.6 Å².